The number of anilines is 1. The number of hydrogen-bond acceptors (Lipinski definition) is 6. The van der Waals surface area contributed by atoms with Crippen LogP contribution in [0.2, 0.25) is 0 Å². The minimum atomic E-state index is -3.50. The number of nitrogens with one attached hydrogen (secondary N) is 1. The number of methoxy groups -OCH3 is 2. The second-order valence-corrected chi connectivity index (χ2v) is 6.64. The van der Waals surface area contributed by atoms with Crippen LogP contribution in [0.15, 0.2) is 12.1 Å². The lowest BCUT2D eigenvalue weighted by atomic mass is 10.1. The van der Waals surface area contributed by atoms with Gasteiger partial charge in [0.05, 0.1) is 25.5 Å². The zero-order chi connectivity index (χ0) is 16.9. The molecular formula is C13H17NO7S. The van der Waals surface area contributed by atoms with Crippen LogP contribution < -0.4 is 14.8 Å². The lowest BCUT2D eigenvalue weighted by Crippen LogP contribution is -2.24. The molecule has 0 bridgehead atoms. The molecule has 0 unspecified atom stereocenters. The van der Waals surface area contributed by atoms with Crippen molar-refractivity contribution in [3.05, 3.63) is 17.7 Å². The maximum Gasteiger partial charge on any atom is 0.335 e. The summed E-state index contributed by atoms with van der Waals surface area (Å²) in [6.07, 6.45) is 0. The van der Waals surface area contributed by atoms with Crippen LogP contribution in [0.25, 0.3) is 0 Å². The molecule has 0 atom stereocenters. The minimum Gasteiger partial charge on any atom is -0.493 e. The van der Waals surface area contributed by atoms with E-state index in [2.05, 4.69) is 5.32 Å². The highest BCUT2D eigenvalue weighted by Gasteiger charge is 2.20. The Balaban J connectivity index is 3.19. The van der Waals surface area contributed by atoms with Crippen molar-refractivity contribution in [2.45, 2.75) is 6.92 Å². The third-order valence-electron chi connectivity index (χ3n) is 2.79. The van der Waals surface area contributed by atoms with Crippen molar-refractivity contribution in [3.63, 3.8) is 0 Å². The average Bonchev–Trinajstić information content (AvgIpc) is 2.45. The van der Waals surface area contributed by atoms with E-state index in [4.69, 9.17) is 14.6 Å². The summed E-state index contributed by atoms with van der Waals surface area (Å²) in [4.78, 5) is 22.9. The summed E-state index contributed by atoms with van der Waals surface area (Å²) in [5, 5.41) is 11.4. The van der Waals surface area contributed by atoms with E-state index in [0.717, 1.165) is 0 Å². The standard InChI is InChI=1S/C13H17NO7S/c1-4-22(18,19)7-11(15)14-9-5-8(13(16)17)6-10(20-2)12(9)21-3/h5-6H,4,7H2,1-3H3,(H,14,15)(H,16,17). The van der Waals surface area contributed by atoms with Gasteiger partial charge in [-0.2, -0.15) is 0 Å². The van der Waals surface area contributed by atoms with Crippen LogP contribution in [-0.4, -0.2) is 51.1 Å². The van der Waals surface area contributed by atoms with Gasteiger partial charge in [0.15, 0.2) is 21.3 Å². The summed E-state index contributed by atoms with van der Waals surface area (Å²) < 4.78 is 33.0. The van der Waals surface area contributed by atoms with Crippen molar-refractivity contribution >= 4 is 27.4 Å². The minimum absolute atomic E-state index is 0.0237. The van der Waals surface area contributed by atoms with E-state index >= 15 is 0 Å². The molecule has 0 heterocycles. The predicted octanol–water partition coefficient (Wildman–Crippen LogP) is 0.775. The molecule has 1 rings (SSSR count). The number of amides is 1. The number of carbonyl (C=O) groups excluding carboxylic acids is 1. The van der Waals surface area contributed by atoms with Crippen LogP contribution in [0.5, 0.6) is 11.5 Å². The van der Waals surface area contributed by atoms with Gasteiger partial charge in [0.1, 0.15) is 5.75 Å². The Morgan fingerprint density at radius 1 is 1.23 bits per heavy atom. The SMILES string of the molecule is CCS(=O)(=O)CC(=O)Nc1cc(C(=O)O)cc(OC)c1OC. The molecule has 122 valence electrons. The second-order valence-electron chi connectivity index (χ2n) is 4.29. The maximum absolute atomic E-state index is 11.8. The lowest BCUT2D eigenvalue weighted by Gasteiger charge is -2.14. The normalized spacial score (nSPS) is 10.9. The predicted molar refractivity (Wildman–Crippen MR) is 79.5 cm³/mol. The van der Waals surface area contributed by atoms with E-state index < -0.39 is 27.5 Å². The van der Waals surface area contributed by atoms with Gasteiger partial charge in [-0.25, -0.2) is 13.2 Å². The summed E-state index contributed by atoms with van der Waals surface area (Å²) in [5.41, 5.74) is -0.109. The largest absolute Gasteiger partial charge is 0.493 e. The molecule has 0 spiro atoms. The van der Waals surface area contributed by atoms with Crippen molar-refractivity contribution in [3.8, 4) is 11.5 Å². The molecule has 8 nitrogen and oxygen atoms in total. The highest BCUT2D eigenvalue weighted by atomic mass is 32.2. The van der Waals surface area contributed by atoms with Crippen LogP contribution in [0.4, 0.5) is 5.69 Å². The average molecular weight is 331 g/mol. The van der Waals surface area contributed by atoms with Gasteiger partial charge in [-0.1, -0.05) is 6.92 Å². The molecule has 0 aliphatic heterocycles. The van der Waals surface area contributed by atoms with Gasteiger partial charge in [-0.3, -0.25) is 4.79 Å². The van der Waals surface area contributed by atoms with Crippen molar-refractivity contribution < 1.29 is 32.6 Å². The topological polar surface area (TPSA) is 119 Å². The van der Waals surface area contributed by atoms with Gasteiger partial charge in [-0.15, -0.1) is 0 Å². The van der Waals surface area contributed by atoms with E-state index in [0.29, 0.717) is 0 Å². The zero-order valence-corrected chi connectivity index (χ0v) is 13.2. The molecule has 1 aromatic rings. The first-order valence-corrected chi connectivity index (χ1v) is 8.05. The zero-order valence-electron chi connectivity index (χ0n) is 12.4. The first-order valence-electron chi connectivity index (χ1n) is 6.23. The molecule has 0 saturated heterocycles. The van der Waals surface area contributed by atoms with Crippen LogP contribution in [-0.2, 0) is 14.6 Å². The molecule has 0 fully saturated rings. The van der Waals surface area contributed by atoms with Crippen molar-refractivity contribution in [2.75, 3.05) is 31.0 Å². The van der Waals surface area contributed by atoms with Crippen molar-refractivity contribution in [1.82, 2.24) is 0 Å². The summed E-state index contributed by atoms with van der Waals surface area (Å²) in [6, 6.07) is 2.40. The fraction of sp³-hybridized carbons (Fsp3) is 0.385. The molecule has 9 heteroatoms. The Kier molecular flexibility index (Phi) is 5.75. The number of hydrogen-bond donors (Lipinski definition) is 2. The number of sulfone groups is 1. The van der Waals surface area contributed by atoms with Gasteiger partial charge in [0.2, 0.25) is 5.91 Å². The van der Waals surface area contributed by atoms with Gasteiger partial charge < -0.3 is 19.9 Å². The van der Waals surface area contributed by atoms with E-state index in [1.165, 1.54) is 33.3 Å². The molecule has 0 aromatic heterocycles. The fourth-order valence-corrected chi connectivity index (χ4v) is 2.34. The van der Waals surface area contributed by atoms with Crippen molar-refractivity contribution in [2.24, 2.45) is 0 Å². The van der Waals surface area contributed by atoms with Gasteiger partial charge in [0.25, 0.3) is 0 Å². The Morgan fingerprint density at radius 2 is 1.86 bits per heavy atom. The number of carboxylic acids is 1. The molecule has 1 amide bonds. The molecule has 0 saturated carbocycles. The molecule has 22 heavy (non-hydrogen) atoms. The number of carbonyl (C=O) groups is 2. The third kappa shape index (κ3) is 4.35. The van der Waals surface area contributed by atoms with Crippen LogP contribution in [0.3, 0.4) is 0 Å². The maximum atomic E-state index is 11.8. The highest BCUT2D eigenvalue weighted by Crippen LogP contribution is 2.36. The fourth-order valence-electron chi connectivity index (χ4n) is 1.67. The number of ether oxygens (including phenoxy) is 2. The number of rotatable bonds is 7. The Morgan fingerprint density at radius 3 is 2.32 bits per heavy atom. The lowest BCUT2D eigenvalue weighted by molar-refractivity contribution is -0.113. The first-order chi connectivity index (χ1) is 10.2. The van der Waals surface area contributed by atoms with Gasteiger partial charge in [-0.05, 0) is 12.1 Å². The quantitative estimate of drug-likeness (QED) is 0.757. The number of aromatic carboxylic acids is 1. The first kappa shape index (κ1) is 17.8. The van der Waals surface area contributed by atoms with Crippen molar-refractivity contribution in [1.29, 1.82) is 0 Å². The van der Waals surface area contributed by atoms with E-state index in [9.17, 15) is 18.0 Å². The number of benzene rings is 1. The van der Waals surface area contributed by atoms with Gasteiger partial charge in [0, 0.05) is 5.75 Å². The smallest absolute Gasteiger partial charge is 0.335 e. The van der Waals surface area contributed by atoms with E-state index in [-0.39, 0.29) is 28.5 Å². The van der Waals surface area contributed by atoms with Crippen LogP contribution in [0.1, 0.15) is 17.3 Å². The Hall–Kier alpha value is -2.29. The second kappa shape index (κ2) is 7.12. The summed E-state index contributed by atoms with van der Waals surface area (Å²) in [7, 11) is -0.869. The van der Waals surface area contributed by atoms with E-state index in [1.54, 1.807) is 0 Å². The molecule has 0 aliphatic carbocycles. The van der Waals surface area contributed by atoms with Crippen LogP contribution in [0, 0.1) is 0 Å². The van der Waals surface area contributed by atoms with Gasteiger partial charge >= 0.3 is 5.97 Å². The summed E-state index contributed by atoms with van der Waals surface area (Å²) in [6.45, 7) is 1.43. The summed E-state index contributed by atoms with van der Waals surface area (Å²) in [5.74, 6) is -2.67. The third-order valence-corrected chi connectivity index (χ3v) is 4.37. The molecular weight excluding hydrogens is 314 g/mol. The molecule has 2 N–H and O–H groups in total. The summed E-state index contributed by atoms with van der Waals surface area (Å²) >= 11 is 0. The number of carboxylic acid groups (broad SMARTS) is 1. The molecule has 1 aromatic carbocycles. The Bertz CT molecular complexity index is 682. The molecule has 0 radical (unpaired) electrons. The monoisotopic (exact) mass is 331 g/mol. The van der Waals surface area contributed by atoms with Crippen LogP contribution >= 0.6 is 0 Å². The molecule has 0 aliphatic rings. The van der Waals surface area contributed by atoms with E-state index in [1.807, 2.05) is 0 Å². The highest BCUT2D eigenvalue weighted by molar-refractivity contribution is 7.92. The Labute approximate surface area is 128 Å².